The van der Waals surface area contributed by atoms with Gasteiger partial charge in [0.1, 0.15) is 11.4 Å². The number of hydrogen-bond donors (Lipinski definition) is 2. The zero-order chi connectivity index (χ0) is 26.8. The van der Waals surface area contributed by atoms with E-state index in [9.17, 15) is 18.0 Å². The van der Waals surface area contributed by atoms with E-state index in [2.05, 4.69) is 15.3 Å². The average molecular weight is 511 g/mol. The molecule has 1 unspecified atom stereocenters. The normalized spacial score (nSPS) is 16.7. The molecule has 5 nitrogen and oxygen atoms in total. The van der Waals surface area contributed by atoms with Gasteiger partial charge in [-0.05, 0) is 69.7 Å². The molecule has 3 N–H and O–H groups in total. The van der Waals surface area contributed by atoms with Crippen molar-refractivity contribution < 1.29 is 18.0 Å². The molecule has 2 rings (SSSR count). The van der Waals surface area contributed by atoms with Gasteiger partial charge in [0.05, 0.1) is 6.04 Å². The van der Waals surface area contributed by atoms with Crippen LogP contribution in [-0.4, -0.2) is 29.7 Å². The van der Waals surface area contributed by atoms with Gasteiger partial charge in [0, 0.05) is 28.8 Å². The lowest BCUT2D eigenvalue weighted by atomic mass is 10.1. The molecule has 35 heavy (non-hydrogen) atoms. The first-order valence-electron chi connectivity index (χ1n) is 11.8. The molecular weight excluding hydrogens is 473 g/mol. The maximum atomic E-state index is 13.2. The summed E-state index contributed by atoms with van der Waals surface area (Å²) in [5.74, 6) is -0.0325. The summed E-state index contributed by atoms with van der Waals surface area (Å²) in [5, 5.41) is 2.92. The molecule has 0 spiro atoms. The number of allylic oxidation sites excluding steroid dienone is 3. The predicted molar refractivity (Wildman–Crippen MR) is 141 cm³/mol. The number of carbonyl (C=O) groups is 1. The summed E-state index contributed by atoms with van der Waals surface area (Å²) in [6.45, 7) is 11.5. The number of alkyl halides is 3. The second kappa shape index (κ2) is 14.1. The van der Waals surface area contributed by atoms with E-state index >= 15 is 0 Å². The van der Waals surface area contributed by atoms with Crippen LogP contribution in [0, 0.1) is 5.92 Å². The zero-order valence-electron chi connectivity index (χ0n) is 21.6. The fourth-order valence-electron chi connectivity index (χ4n) is 3.06. The number of aromatic nitrogens is 1. The van der Waals surface area contributed by atoms with Crippen molar-refractivity contribution in [1.29, 1.82) is 0 Å². The SMILES string of the molecule is C/C=C(\SC(=C(C)CC)c1ccnc(C(F)(F)F)c1)C(C)NC(=O)C(/C=C(\N)C1CC1)=NC.CC. The van der Waals surface area contributed by atoms with Crippen LogP contribution in [0.1, 0.15) is 72.1 Å². The lowest BCUT2D eigenvalue weighted by Gasteiger charge is -2.20. The zero-order valence-corrected chi connectivity index (χ0v) is 22.4. The number of nitrogens with one attached hydrogen (secondary N) is 1. The molecule has 0 saturated heterocycles. The van der Waals surface area contributed by atoms with Crippen LogP contribution in [0.2, 0.25) is 0 Å². The largest absolute Gasteiger partial charge is 0.433 e. The molecule has 0 bridgehead atoms. The summed E-state index contributed by atoms with van der Waals surface area (Å²) in [4.78, 5) is 21.8. The quantitative estimate of drug-likeness (QED) is 0.361. The number of rotatable bonds is 9. The molecular formula is C26H37F3N4OS. The van der Waals surface area contributed by atoms with Crippen LogP contribution in [0.4, 0.5) is 13.2 Å². The summed E-state index contributed by atoms with van der Waals surface area (Å²) in [7, 11) is 1.54. The van der Waals surface area contributed by atoms with Crippen LogP contribution < -0.4 is 11.1 Å². The highest BCUT2D eigenvalue weighted by Crippen LogP contribution is 2.40. The highest BCUT2D eigenvalue weighted by molar-refractivity contribution is 8.11. The molecule has 0 aliphatic heterocycles. The molecule has 1 aromatic heterocycles. The number of amides is 1. The Labute approximate surface area is 211 Å². The standard InChI is InChI=1S/C24H31F3N4OS.C2H6/c1-6-14(3)22(17-10-11-30-21(12-17)24(25,26)27)33-20(7-2)15(4)31-23(32)19(29-5)13-18(28)16-8-9-16;1-2/h7,10-13,15-16H,6,8-9,28H2,1-5H3,(H,31,32);1-2H3/b18-13-,20-7-,22-14?,29-19?;. The Morgan fingerprint density at radius 1 is 1.37 bits per heavy atom. The first-order valence-corrected chi connectivity index (χ1v) is 12.7. The number of hydrogen-bond acceptors (Lipinski definition) is 5. The second-order valence-electron chi connectivity index (χ2n) is 7.91. The van der Waals surface area contributed by atoms with Gasteiger partial charge in [-0.3, -0.25) is 14.8 Å². The Balaban J connectivity index is 0.00000298. The van der Waals surface area contributed by atoms with Crippen molar-refractivity contribution in [2.75, 3.05) is 7.05 Å². The Bertz CT molecular complexity index is 993. The van der Waals surface area contributed by atoms with Gasteiger partial charge in [-0.1, -0.05) is 44.2 Å². The van der Waals surface area contributed by atoms with Crippen LogP contribution in [0.25, 0.3) is 4.91 Å². The number of carbonyl (C=O) groups excluding carboxylic acids is 1. The summed E-state index contributed by atoms with van der Waals surface area (Å²) in [6, 6.07) is 2.25. The molecule has 1 aliphatic carbocycles. The van der Waals surface area contributed by atoms with E-state index < -0.39 is 11.9 Å². The Morgan fingerprint density at radius 3 is 2.49 bits per heavy atom. The first-order chi connectivity index (χ1) is 16.5. The van der Waals surface area contributed by atoms with Gasteiger partial charge in [-0.25, -0.2) is 0 Å². The van der Waals surface area contributed by atoms with Crippen molar-refractivity contribution in [3.8, 4) is 0 Å². The summed E-state index contributed by atoms with van der Waals surface area (Å²) >= 11 is 1.34. The van der Waals surface area contributed by atoms with Crippen molar-refractivity contribution >= 4 is 28.3 Å². The Morgan fingerprint density at radius 2 is 2.00 bits per heavy atom. The Hall–Kier alpha value is -2.55. The third-order valence-corrected chi connectivity index (χ3v) is 6.95. The number of nitrogens with two attached hydrogens (primary N) is 1. The van der Waals surface area contributed by atoms with E-state index in [4.69, 9.17) is 5.73 Å². The summed E-state index contributed by atoms with van der Waals surface area (Å²) in [6.07, 6.45) is 2.82. The van der Waals surface area contributed by atoms with E-state index in [-0.39, 0.29) is 17.7 Å². The summed E-state index contributed by atoms with van der Waals surface area (Å²) < 4.78 is 39.6. The van der Waals surface area contributed by atoms with Crippen LogP contribution in [0.15, 0.2) is 51.6 Å². The highest BCUT2D eigenvalue weighted by atomic mass is 32.2. The molecule has 194 valence electrons. The highest BCUT2D eigenvalue weighted by Gasteiger charge is 2.33. The van der Waals surface area contributed by atoms with E-state index in [1.165, 1.54) is 25.0 Å². The van der Waals surface area contributed by atoms with Crippen molar-refractivity contribution in [2.45, 2.75) is 73.0 Å². The smallest absolute Gasteiger partial charge is 0.402 e. The number of halogens is 3. The van der Waals surface area contributed by atoms with Gasteiger partial charge in [0.15, 0.2) is 0 Å². The number of thioether (sulfide) groups is 1. The minimum atomic E-state index is -4.53. The number of pyridine rings is 1. The first kappa shape index (κ1) is 30.5. The fourth-order valence-corrected chi connectivity index (χ4v) is 4.21. The van der Waals surface area contributed by atoms with Crippen molar-refractivity contribution in [2.24, 2.45) is 16.6 Å². The van der Waals surface area contributed by atoms with E-state index in [0.29, 0.717) is 28.5 Å². The minimum Gasteiger partial charge on any atom is -0.402 e. The topological polar surface area (TPSA) is 80.4 Å². The maximum absolute atomic E-state index is 13.2. The van der Waals surface area contributed by atoms with Gasteiger partial charge < -0.3 is 11.1 Å². The van der Waals surface area contributed by atoms with Crippen LogP contribution in [0.5, 0.6) is 0 Å². The van der Waals surface area contributed by atoms with Crippen molar-refractivity contribution in [3.05, 3.63) is 57.9 Å². The molecule has 1 amide bonds. The van der Waals surface area contributed by atoms with Gasteiger partial charge in [0.25, 0.3) is 5.91 Å². The number of nitrogens with zero attached hydrogens (tertiary/aromatic N) is 2. The molecule has 0 aromatic carbocycles. The average Bonchev–Trinajstić information content (AvgIpc) is 3.69. The molecule has 1 fully saturated rings. The lowest BCUT2D eigenvalue weighted by molar-refractivity contribution is -0.141. The van der Waals surface area contributed by atoms with E-state index in [1.807, 2.05) is 47.6 Å². The van der Waals surface area contributed by atoms with Gasteiger partial charge in [0.2, 0.25) is 0 Å². The molecule has 1 heterocycles. The fraction of sp³-hybridized carbons (Fsp3) is 0.500. The third-order valence-electron chi connectivity index (χ3n) is 5.34. The third kappa shape index (κ3) is 9.20. The van der Waals surface area contributed by atoms with Gasteiger partial charge >= 0.3 is 6.18 Å². The van der Waals surface area contributed by atoms with Gasteiger partial charge in [-0.15, -0.1) is 0 Å². The molecule has 1 aromatic rings. The van der Waals surface area contributed by atoms with Crippen LogP contribution in [-0.2, 0) is 11.0 Å². The minimum absolute atomic E-state index is 0.246. The summed E-state index contributed by atoms with van der Waals surface area (Å²) in [5.41, 5.74) is 7.37. The molecule has 9 heteroatoms. The molecule has 1 atom stereocenters. The number of aliphatic imine (C=N–C) groups is 1. The van der Waals surface area contributed by atoms with Crippen LogP contribution >= 0.6 is 11.8 Å². The maximum Gasteiger partial charge on any atom is 0.433 e. The second-order valence-corrected chi connectivity index (χ2v) is 8.99. The van der Waals surface area contributed by atoms with E-state index in [1.54, 1.807) is 12.1 Å². The molecule has 1 saturated carbocycles. The molecule has 1 aliphatic rings. The van der Waals surface area contributed by atoms with Crippen molar-refractivity contribution in [3.63, 3.8) is 0 Å². The lowest BCUT2D eigenvalue weighted by Crippen LogP contribution is -2.38. The van der Waals surface area contributed by atoms with Gasteiger partial charge in [-0.2, -0.15) is 13.2 Å². The molecule has 0 radical (unpaired) electrons. The predicted octanol–water partition coefficient (Wildman–Crippen LogP) is 6.73. The van der Waals surface area contributed by atoms with Crippen LogP contribution in [0.3, 0.4) is 0 Å². The van der Waals surface area contributed by atoms with E-state index in [0.717, 1.165) is 29.4 Å². The van der Waals surface area contributed by atoms with Crippen molar-refractivity contribution in [1.82, 2.24) is 10.3 Å². The Kier molecular flexibility index (Phi) is 12.3. The monoisotopic (exact) mass is 510 g/mol.